The summed E-state index contributed by atoms with van der Waals surface area (Å²) in [6.45, 7) is 0.735. The fraction of sp³-hybridized carbons (Fsp3) is 0.273. The first-order chi connectivity index (χ1) is 13.7. The van der Waals surface area contributed by atoms with E-state index in [9.17, 15) is 4.79 Å². The fourth-order valence-corrected chi connectivity index (χ4v) is 4.65. The number of aromatic nitrogens is 3. The van der Waals surface area contributed by atoms with E-state index in [-0.39, 0.29) is 11.3 Å². The van der Waals surface area contributed by atoms with Gasteiger partial charge < -0.3 is 10.3 Å². The molecule has 2 N–H and O–H groups in total. The van der Waals surface area contributed by atoms with E-state index in [1.807, 2.05) is 6.20 Å². The Hall–Kier alpha value is -3.46. The highest BCUT2D eigenvalue weighted by Gasteiger charge is 2.51. The maximum Gasteiger partial charge on any atom is 0.253 e. The van der Waals surface area contributed by atoms with Crippen LogP contribution in [0.25, 0.3) is 22.5 Å². The van der Waals surface area contributed by atoms with Crippen molar-refractivity contribution in [2.24, 2.45) is 0 Å². The number of hydrogen-bond acceptors (Lipinski definition) is 4. The molecular weight excluding hydrogens is 350 g/mol. The lowest BCUT2D eigenvalue weighted by molar-refractivity contribution is 0.0936. The maximum atomic E-state index is 12.6. The van der Waals surface area contributed by atoms with Crippen LogP contribution in [0.2, 0.25) is 0 Å². The van der Waals surface area contributed by atoms with Crippen LogP contribution in [0.5, 0.6) is 0 Å². The molecule has 6 heteroatoms. The number of hydrogen-bond donors (Lipinski definition) is 2. The Balaban J connectivity index is 1.53. The van der Waals surface area contributed by atoms with Crippen molar-refractivity contribution in [2.45, 2.75) is 31.1 Å². The number of nitriles is 1. The quantitative estimate of drug-likeness (QED) is 0.691. The molecule has 0 saturated heterocycles. The second-order valence-corrected chi connectivity index (χ2v) is 7.99. The van der Waals surface area contributed by atoms with E-state index in [2.05, 4.69) is 32.4 Å². The molecule has 136 valence electrons. The summed E-state index contributed by atoms with van der Waals surface area (Å²) in [5.74, 6) is 0.0497. The van der Waals surface area contributed by atoms with Gasteiger partial charge in [-0.25, -0.2) is 0 Å². The molecule has 1 spiro atoms. The monoisotopic (exact) mass is 367 g/mol. The first kappa shape index (κ1) is 15.6. The smallest absolute Gasteiger partial charge is 0.253 e. The van der Waals surface area contributed by atoms with E-state index in [0.29, 0.717) is 5.56 Å². The van der Waals surface area contributed by atoms with Gasteiger partial charge in [-0.05, 0) is 48.9 Å². The maximum absolute atomic E-state index is 12.6. The zero-order chi connectivity index (χ0) is 18.9. The summed E-state index contributed by atoms with van der Waals surface area (Å²) in [7, 11) is 0. The van der Waals surface area contributed by atoms with Crippen molar-refractivity contribution in [3.8, 4) is 28.6 Å². The summed E-state index contributed by atoms with van der Waals surface area (Å²) in [6, 6.07) is 5.99. The molecule has 1 amide bonds. The minimum atomic E-state index is 0.0497. The number of rotatable bonds is 1. The molecule has 1 fully saturated rings. The Morgan fingerprint density at radius 1 is 1.14 bits per heavy atom. The zero-order valence-electron chi connectivity index (χ0n) is 15.2. The van der Waals surface area contributed by atoms with Gasteiger partial charge in [-0.2, -0.15) is 5.26 Å². The van der Waals surface area contributed by atoms with Gasteiger partial charge in [-0.3, -0.25) is 14.8 Å². The van der Waals surface area contributed by atoms with E-state index in [0.717, 1.165) is 71.6 Å². The lowest BCUT2D eigenvalue weighted by atomic mass is 9.86. The first-order valence-corrected chi connectivity index (χ1v) is 9.57. The van der Waals surface area contributed by atoms with E-state index >= 15 is 0 Å². The van der Waals surface area contributed by atoms with E-state index in [1.165, 1.54) is 5.56 Å². The molecule has 4 heterocycles. The molecular formula is C22H17N5O. The molecule has 0 radical (unpaired) electrons. The Labute approximate surface area is 161 Å². The highest BCUT2D eigenvalue weighted by atomic mass is 16.1. The molecule has 28 heavy (non-hydrogen) atoms. The van der Waals surface area contributed by atoms with Crippen molar-refractivity contribution >= 4 is 5.91 Å². The average Bonchev–Trinajstić information content (AvgIpc) is 3.40. The Morgan fingerprint density at radius 3 is 2.86 bits per heavy atom. The van der Waals surface area contributed by atoms with Crippen molar-refractivity contribution in [3.05, 3.63) is 58.7 Å². The van der Waals surface area contributed by atoms with E-state index < -0.39 is 0 Å². The third-order valence-corrected chi connectivity index (χ3v) is 6.37. The third kappa shape index (κ3) is 2.04. The van der Waals surface area contributed by atoms with Gasteiger partial charge in [0.1, 0.15) is 6.07 Å². The Kier molecular flexibility index (Phi) is 2.95. The highest BCUT2D eigenvalue weighted by Crippen LogP contribution is 2.52. The van der Waals surface area contributed by atoms with Crippen LogP contribution in [-0.4, -0.2) is 27.4 Å². The standard InChI is InChI=1S/C22H17N5O/c23-7-12-5-14(9-24-8-12)17-6-16-13(10-25-17)1-2-15-18-20(27-19(15)16)22(3-4-22)11-26-21(18)28/h5-6,8-10,27H,1-4,11H2,(H,26,28). The number of carbonyl (C=O) groups excluding carboxylic acids is 1. The van der Waals surface area contributed by atoms with Gasteiger partial charge in [-0.15, -0.1) is 0 Å². The first-order valence-electron chi connectivity index (χ1n) is 9.57. The van der Waals surface area contributed by atoms with Gasteiger partial charge in [-0.1, -0.05) is 0 Å². The third-order valence-electron chi connectivity index (χ3n) is 6.37. The molecule has 3 aromatic rings. The SMILES string of the molecule is N#Cc1cncc(-c2cc3c(cn2)CCc2c-3[nH]c3c2C(=O)NCC32CC2)c1. The summed E-state index contributed by atoms with van der Waals surface area (Å²) in [6.07, 6.45) is 9.17. The molecule has 1 aliphatic heterocycles. The summed E-state index contributed by atoms with van der Waals surface area (Å²) in [5, 5.41) is 12.2. The summed E-state index contributed by atoms with van der Waals surface area (Å²) in [4.78, 5) is 25.0. The zero-order valence-corrected chi connectivity index (χ0v) is 15.2. The molecule has 6 nitrogen and oxygen atoms in total. The molecule has 2 aliphatic carbocycles. The minimum absolute atomic E-state index is 0.0497. The molecule has 0 atom stereocenters. The van der Waals surface area contributed by atoms with Gasteiger partial charge in [0.05, 0.1) is 22.5 Å². The topological polar surface area (TPSA) is 94.5 Å². The van der Waals surface area contributed by atoms with Gasteiger partial charge in [0.15, 0.2) is 0 Å². The number of pyridine rings is 2. The second-order valence-electron chi connectivity index (χ2n) is 7.99. The van der Waals surface area contributed by atoms with Crippen molar-refractivity contribution in [1.82, 2.24) is 20.3 Å². The predicted octanol–water partition coefficient (Wildman–Crippen LogP) is 2.88. The Bertz CT molecular complexity index is 1210. The second kappa shape index (κ2) is 5.29. The van der Waals surface area contributed by atoms with Gasteiger partial charge >= 0.3 is 0 Å². The summed E-state index contributed by atoms with van der Waals surface area (Å²) >= 11 is 0. The number of fused-ring (bicyclic) bond motifs is 6. The number of carbonyl (C=O) groups is 1. The van der Waals surface area contributed by atoms with Gasteiger partial charge in [0, 0.05) is 47.4 Å². The largest absolute Gasteiger partial charge is 0.357 e. The molecule has 1 saturated carbocycles. The molecule has 0 bridgehead atoms. The Morgan fingerprint density at radius 2 is 2.04 bits per heavy atom. The van der Waals surface area contributed by atoms with Crippen molar-refractivity contribution < 1.29 is 4.79 Å². The van der Waals surface area contributed by atoms with Crippen molar-refractivity contribution in [2.75, 3.05) is 6.54 Å². The molecule has 3 aromatic heterocycles. The van der Waals surface area contributed by atoms with Gasteiger partial charge in [0.25, 0.3) is 5.91 Å². The van der Waals surface area contributed by atoms with Crippen LogP contribution in [0.1, 0.15) is 45.6 Å². The average molecular weight is 367 g/mol. The van der Waals surface area contributed by atoms with Crippen molar-refractivity contribution in [1.29, 1.82) is 5.26 Å². The van der Waals surface area contributed by atoms with Crippen LogP contribution in [-0.2, 0) is 18.3 Å². The van der Waals surface area contributed by atoms with Crippen molar-refractivity contribution in [3.63, 3.8) is 0 Å². The minimum Gasteiger partial charge on any atom is -0.357 e. The van der Waals surface area contributed by atoms with Crippen LogP contribution < -0.4 is 5.32 Å². The molecule has 0 aromatic carbocycles. The summed E-state index contributed by atoms with van der Waals surface area (Å²) in [5.41, 5.74) is 8.71. The predicted molar refractivity (Wildman–Crippen MR) is 103 cm³/mol. The van der Waals surface area contributed by atoms with E-state index in [1.54, 1.807) is 18.5 Å². The fourth-order valence-electron chi connectivity index (χ4n) is 4.65. The lowest BCUT2D eigenvalue weighted by Crippen LogP contribution is -2.39. The van der Waals surface area contributed by atoms with Crippen LogP contribution in [0, 0.1) is 11.3 Å². The van der Waals surface area contributed by atoms with Crippen LogP contribution in [0.4, 0.5) is 0 Å². The normalized spacial score (nSPS) is 17.9. The molecule has 6 rings (SSSR count). The van der Waals surface area contributed by atoms with Gasteiger partial charge in [0.2, 0.25) is 0 Å². The highest BCUT2D eigenvalue weighted by molar-refractivity contribution is 6.01. The number of H-pyrrole nitrogens is 1. The van der Waals surface area contributed by atoms with Crippen LogP contribution in [0.15, 0.2) is 30.7 Å². The number of amides is 1. The number of nitrogens with one attached hydrogen (secondary N) is 2. The molecule has 0 unspecified atom stereocenters. The number of aryl methyl sites for hydroxylation is 1. The molecule has 3 aliphatic rings. The number of aromatic amines is 1. The van der Waals surface area contributed by atoms with Crippen LogP contribution >= 0.6 is 0 Å². The van der Waals surface area contributed by atoms with E-state index in [4.69, 9.17) is 5.26 Å². The summed E-state index contributed by atoms with van der Waals surface area (Å²) < 4.78 is 0. The van der Waals surface area contributed by atoms with Crippen LogP contribution in [0.3, 0.4) is 0 Å². The lowest BCUT2D eigenvalue weighted by Gasteiger charge is -2.23. The number of nitrogens with zero attached hydrogens (tertiary/aromatic N) is 3.